The van der Waals surface area contributed by atoms with Crippen LogP contribution in [0.15, 0.2) is 54.9 Å². The molecule has 162 valence electrons. The van der Waals surface area contributed by atoms with Gasteiger partial charge >= 0.3 is 0 Å². The second-order valence-electron chi connectivity index (χ2n) is 8.35. The molecule has 2 aromatic heterocycles. The largest absolute Gasteiger partial charge is 0.491 e. The maximum absolute atomic E-state index is 5.52. The average Bonchev–Trinajstić information content (AvgIpc) is 2.83. The van der Waals surface area contributed by atoms with Crippen LogP contribution >= 0.6 is 0 Å². The minimum absolute atomic E-state index is 0.405. The standard InChI is InChI=1S/C25H31N5O/c1-18(2)20-8-4-5-9-21(20)24-28-17-22(31-3)25(29-24)27-16-19-11-14-30(15-12-19)23-10-6-7-13-26-23/h4-10,13,17-19H,11-12,14-16H2,1-3H3,(H,27,28,29). The maximum Gasteiger partial charge on any atom is 0.179 e. The Morgan fingerprint density at radius 2 is 1.84 bits per heavy atom. The number of hydrogen-bond acceptors (Lipinski definition) is 6. The Bertz CT molecular complexity index is 984. The summed E-state index contributed by atoms with van der Waals surface area (Å²) in [5.74, 6) is 4.24. The lowest BCUT2D eigenvalue weighted by Gasteiger charge is -2.33. The van der Waals surface area contributed by atoms with Gasteiger partial charge in [0.1, 0.15) is 5.82 Å². The highest BCUT2D eigenvalue weighted by Crippen LogP contribution is 2.30. The molecule has 31 heavy (non-hydrogen) atoms. The van der Waals surface area contributed by atoms with Gasteiger partial charge in [0, 0.05) is 31.4 Å². The highest BCUT2D eigenvalue weighted by atomic mass is 16.5. The number of ether oxygens (including phenoxy) is 1. The second kappa shape index (κ2) is 9.77. The van der Waals surface area contributed by atoms with Crippen LogP contribution in [0.25, 0.3) is 11.4 Å². The highest BCUT2D eigenvalue weighted by molar-refractivity contribution is 5.64. The van der Waals surface area contributed by atoms with Crippen molar-refractivity contribution >= 4 is 11.6 Å². The van der Waals surface area contributed by atoms with Gasteiger partial charge in [0.15, 0.2) is 17.4 Å². The van der Waals surface area contributed by atoms with Gasteiger partial charge in [-0.1, -0.05) is 44.2 Å². The van der Waals surface area contributed by atoms with Gasteiger partial charge in [-0.2, -0.15) is 0 Å². The monoisotopic (exact) mass is 417 g/mol. The Morgan fingerprint density at radius 3 is 2.55 bits per heavy atom. The van der Waals surface area contributed by atoms with Gasteiger partial charge in [-0.3, -0.25) is 0 Å². The van der Waals surface area contributed by atoms with Crippen LogP contribution in [-0.4, -0.2) is 41.7 Å². The van der Waals surface area contributed by atoms with Crippen LogP contribution in [0.3, 0.4) is 0 Å². The fourth-order valence-electron chi connectivity index (χ4n) is 4.13. The van der Waals surface area contributed by atoms with Gasteiger partial charge in [0.05, 0.1) is 13.3 Å². The van der Waals surface area contributed by atoms with E-state index in [4.69, 9.17) is 9.72 Å². The number of benzene rings is 1. The molecule has 1 fully saturated rings. The van der Waals surface area contributed by atoms with Crippen LogP contribution in [0.1, 0.15) is 38.2 Å². The van der Waals surface area contributed by atoms with Crippen molar-refractivity contribution in [1.29, 1.82) is 0 Å². The first-order valence-electron chi connectivity index (χ1n) is 11.1. The number of nitrogens with one attached hydrogen (secondary N) is 1. The molecule has 1 saturated heterocycles. The van der Waals surface area contributed by atoms with Crippen molar-refractivity contribution in [2.45, 2.75) is 32.6 Å². The number of anilines is 2. The second-order valence-corrected chi connectivity index (χ2v) is 8.35. The fraction of sp³-hybridized carbons (Fsp3) is 0.400. The third-order valence-corrected chi connectivity index (χ3v) is 5.94. The third-order valence-electron chi connectivity index (χ3n) is 5.94. The smallest absolute Gasteiger partial charge is 0.179 e. The van der Waals surface area contributed by atoms with Crippen molar-refractivity contribution in [2.75, 3.05) is 37.0 Å². The van der Waals surface area contributed by atoms with Crippen LogP contribution in [0, 0.1) is 5.92 Å². The number of hydrogen-bond donors (Lipinski definition) is 1. The van der Waals surface area contributed by atoms with E-state index in [-0.39, 0.29) is 0 Å². The van der Waals surface area contributed by atoms with E-state index in [0.717, 1.165) is 55.5 Å². The molecule has 0 unspecified atom stereocenters. The predicted octanol–water partition coefficient (Wildman–Crippen LogP) is 5.00. The normalized spacial score (nSPS) is 14.6. The molecule has 0 bridgehead atoms. The van der Waals surface area contributed by atoms with Gasteiger partial charge in [0.2, 0.25) is 0 Å². The summed E-state index contributed by atoms with van der Waals surface area (Å²) in [4.78, 5) is 16.3. The van der Waals surface area contributed by atoms with E-state index in [1.54, 1.807) is 13.3 Å². The Morgan fingerprint density at radius 1 is 1.06 bits per heavy atom. The predicted molar refractivity (Wildman–Crippen MR) is 126 cm³/mol. The van der Waals surface area contributed by atoms with Crippen LogP contribution in [0.4, 0.5) is 11.6 Å². The number of piperidine rings is 1. The lowest BCUT2D eigenvalue weighted by molar-refractivity contribution is 0.407. The SMILES string of the molecule is COc1cnc(-c2ccccc2C(C)C)nc1NCC1CCN(c2ccccn2)CC1. The topological polar surface area (TPSA) is 63.2 Å². The maximum atomic E-state index is 5.52. The van der Waals surface area contributed by atoms with Crippen molar-refractivity contribution < 1.29 is 4.74 Å². The number of methoxy groups -OCH3 is 1. The molecule has 1 aromatic carbocycles. The molecule has 0 spiro atoms. The molecule has 4 rings (SSSR count). The first-order chi connectivity index (χ1) is 15.2. The molecule has 1 aliphatic rings. The van der Waals surface area contributed by atoms with Gasteiger partial charge in [-0.05, 0) is 42.4 Å². The molecule has 1 aliphatic heterocycles. The van der Waals surface area contributed by atoms with E-state index in [2.05, 4.69) is 58.3 Å². The summed E-state index contributed by atoms with van der Waals surface area (Å²) >= 11 is 0. The first-order valence-corrected chi connectivity index (χ1v) is 11.1. The molecule has 6 nitrogen and oxygen atoms in total. The van der Waals surface area contributed by atoms with Crippen LogP contribution in [-0.2, 0) is 0 Å². The third kappa shape index (κ3) is 4.95. The molecule has 6 heteroatoms. The summed E-state index contributed by atoms with van der Waals surface area (Å²) in [5.41, 5.74) is 2.33. The molecule has 3 aromatic rings. The molecule has 1 N–H and O–H groups in total. The first kappa shape index (κ1) is 21.1. The quantitative estimate of drug-likeness (QED) is 0.584. The summed E-state index contributed by atoms with van der Waals surface area (Å²) in [5, 5.41) is 3.54. The van der Waals surface area contributed by atoms with E-state index in [0.29, 0.717) is 17.6 Å². The van der Waals surface area contributed by atoms with E-state index < -0.39 is 0 Å². The Labute approximate surface area is 184 Å². The van der Waals surface area contributed by atoms with Crippen molar-refractivity contribution in [3.8, 4) is 17.1 Å². The van der Waals surface area contributed by atoms with Gasteiger partial charge < -0.3 is 15.0 Å². The molecule has 0 radical (unpaired) electrons. The molecule has 0 amide bonds. The average molecular weight is 418 g/mol. The number of rotatable bonds is 7. The van der Waals surface area contributed by atoms with Crippen LogP contribution in [0.5, 0.6) is 5.75 Å². The lowest BCUT2D eigenvalue weighted by atomic mass is 9.96. The number of nitrogens with zero attached hydrogens (tertiary/aromatic N) is 4. The van der Waals surface area contributed by atoms with Crippen molar-refractivity contribution in [2.24, 2.45) is 5.92 Å². The van der Waals surface area contributed by atoms with E-state index in [1.807, 2.05) is 24.4 Å². The van der Waals surface area contributed by atoms with E-state index in [9.17, 15) is 0 Å². The zero-order chi connectivity index (χ0) is 21.6. The zero-order valence-electron chi connectivity index (χ0n) is 18.6. The summed E-state index contributed by atoms with van der Waals surface area (Å²) in [6, 6.07) is 14.4. The molecule has 0 aliphatic carbocycles. The molecule has 3 heterocycles. The minimum atomic E-state index is 0.405. The molecule has 0 saturated carbocycles. The fourth-order valence-corrected chi connectivity index (χ4v) is 4.13. The molecular formula is C25H31N5O. The molecule has 0 atom stereocenters. The van der Waals surface area contributed by atoms with Gasteiger partial charge in [-0.15, -0.1) is 0 Å². The number of aromatic nitrogens is 3. The van der Waals surface area contributed by atoms with Crippen LogP contribution < -0.4 is 15.0 Å². The highest BCUT2D eigenvalue weighted by Gasteiger charge is 2.21. The zero-order valence-corrected chi connectivity index (χ0v) is 18.6. The van der Waals surface area contributed by atoms with E-state index in [1.165, 1.54) is 5.56 Å². The summed E-state index contributed by atoms with van der Waals surface area (Å²) in [6.45, 7) is 7.31. The van der Waals surface area contributed by atoms with Crippen molar-refractivity contribution in [3.05, 3.63) is 60.4 Å². The Balaban J connectivity index is 1.44. The summed E-state index contributed by atoms with van der Waals surface area (Å²) in [6.07, 6.45) is 5.88. The van der Waals surface area contributed by atoms with Gasteiger partial charge in [0.25, 0.3) is 0 Å². The van der Waals surface area contributed by atoms with Crippen molar-refractivity contribution in [3.63, 3.8) is 0 Å². The minimum Gasteiger partial charge on any atom is -0.491 e. The Hall–Kier alpha value is -3.15. The molecular weight excluding hydrogens is 386 g/mol. The van der Waals surface area contributed by atoms with E-state index >= 15 is 0 Å². The van der Waals surface area contributed by atoms with Crippen molar-refractivity contribution in [1.82, 2.24) is 15.0 Å². The summed E-state index contributed by atoms with van der Waals surface area (Å²) < 4.78 is 5.52. The lowest BCUT2D eigenvalue weighted by Crippen LogP contribution is -2.36. The number of pyridine rings is 1. The Kier molecular flexibility index (Phi) is 6.65. The summed E-state index contributed by atoms with van der Waals surface area (Å²) in [7, 11) is 1.66. The van der Waals surface area contributed by atoms with Crippen LogP contribution in [0.2, 0.25) is 0 Å². The van der Waals surface area contributed by atoms with Gasteiger partial charge in [-0.25, -0.2) is 15.0 Å².